The molecule has 0 saturated carbocycles. The van der Waals surface area contributed by atoms with Crippen molar-refractivity contribution in [1.82, 2.24) is 0 Å². The molecule has 3 aliphatic rings. The maximum atomic E-state index is 4.01. The Labute approximate surface area is 292 Å². The molecule has 44 heavy (non-hydrogen) atoms. The zero-order valence-corrected chi connectivity index (χ0v) is 31.4. The van der Waals surface area contributed by atoms with Gasteiger partial charge in [0, 0.05) is 0 Å². The fourth-order valence-corrected chi connectivity index (χ4v) is 7.04. The maximum absolute atomic E-state index is 4.01. The predicted molar refractivity (Wildman–Crippen MR) is 192 cm³/mol. The van der Waals surface area contributed by atoms with Gasteiger partial charge in [0.1, 0.15) is 0 Å². The van der Waals surface area contributed by atoms with Crippen molar-refractivity contribution in [2.45, 2.75) is 67.2 Å². The quantitative estimate of drug-likeness (QED) is 0.239. The molecule has 1 unspecified atom stereocenters. The van der Waals surface area contributed by atoms with Gasteiger partial charge in [-0.1, -0.05) is 93.5 Å². The Hall–Kier alpha value is -2.31. The Morgan fingerprint density at radius 1 is 0.795 bits per heavy atom. The van der Waals surface area contributed by atoms with Crippen molar-refractivity contribution < 1.29 is 24.2 Å². The van der Waals surface area contributed by atoms with Crippen LogP contribution in [-0.4, -0.2) is 3.21 Å². The molecule has 0 aliphatic heterocycles. The molecule has 0 saturated heterocycles. The first kappa shape index (κ1) is 36.2. The molecule has 0 radical (unpaired) electrons. The first-order valence-electron chi connectivity index (χ1n) is 15.1. The third-order valence-corrected chi connectivity index (χ3v) is 10.5. The molecule has 0 amide bonds. The molecule has 0 fully saturated rings. The minimum absolute atomic E-state index is 0. The van der Waals surface area contributed by atoms with Crippen LogP contribution in [0.2, 0.25) is 0 Å². The van der Waals surface area contributed by atoms with E-state index < -0.39 is 0 Å². The van der Waals surface area contributed by atoms with E-state index in [0.717, 1.165) is 6.42 Å². The molecule has 0 aromatic heterocycles. The van der Waals surface area contributed by atoms with Crippen molar-refractivity contribution in [2.24, 2.45) is 10.8 Å². The number of hydrogen-bond donors (Lipinski definition) is 0. The summed E-state index contributed by atoms with van der Waals surface area (Å²) in [7, 11) is 0. The summed E-state index contributed by atoms with van der Waals surface area (Å²) in [5, 5.41) is 2.69. The molecule has 3 aliphatic carbocycles. The van der Waals surface area contributed by atoms with Crippen LogP contribution in [0.15, 0.2) is 119 Å². The number of fused-ring (bicyclic) bond motifs is 2. The Balaban J connectivity index is 0.000000280. The number of benzene rings is 3. The number of rotatable bonds is 3. The SMILES string of the molecule is CC1=CCC(C2(C(C)(C)C)[C-]=C3C=c4cc(C(C)(C)C)ccc4=C3C=C2)=C1C.Cl.Cl.[Zr]=[C](c1ccccc1)c1ccccc1. The van der Waals surface area contributed by atoms with Gasteiger partial charge < -0.3 is 0 Å². The average Bonchev–Trinajstić information content (AvgIpc) is 3.50. The number of allylic oxidation sites excluding steroid dienone is 8. The first-order chi connectivity index (χ1) is 19.8. The second kappa shape index (κ2) is 14.0. The van der Waals surface area contributed by atoms with Gasteiger partial charge in [-0.3, -0.25) is 0 Å². The van der Waals surface area contributed by atoms with Gasteiger partial charge in [-0.2, -0.15) is 17.7 Å². The fourth-order valence-electron chi connectivity index (χ4n) is 6.22. The van der Waals surface area contributed by atoms with E-state index >= 15 is 0 Å². The van der Waals surface area contributed by atoms with Crippen molar-refractivity contribution in [3.05, 3.63) is 153 Å². The standard InChI is InChI=1S/C28H33.C13H10.2ClH.Zr/c1-18-9-12-25(19(18)2)28(27(6,7)8)14-13-24-21(17-28)15-20-16-22(26(3,4)5)10-11-23(20)24;1-3-7-12(8-4-1)11-13-9-5-2-6-10-13;;;/h9-11,13-16H,12H2,1-8H3;1-10H;2*1H;/q-1;;;;. The van der Waals surface area contributed by atoms with Gasteiger partial charge in [-0.25, -0.2) is 0 Å². The zero-order chi connectivity index (χ0) is 30.3. The summed E-state index contributed by atoms with van der Waals surface area (Å²) >= 11 is 1.46. The van der Waals surface area contributed by atoms with Crippen LogP contribution in [0, 0.1) is 16.9 Å². The van der Waals surface area contributed by atoms with Crippen LogP contribution < -0.4 is 10.4 Å². The summed E-state index contributed by atoms with van der Waals surface area (Å²) in [5.74, 6) is 0. The van der Waals surface area contributed by atoms with Crippen molar-refractivity contribution in [3.8, 4) is 0 Å². The van der Waals surface area contributed by atoms with E-state index in [2.05, 4.69) is 165 Å². The van der Waals surface area contributed by atoms with Gasteiger partial charge in [0.15, 0.2) is 0 Å². The Kier molecular flexibility index (Phi) is 11.5. The van der Waals surface area contributed by atoms with Crippen LogP contribution in [0.1, 0.15) is 78.5 Å². The summed E-state index contributed by atoms with van der Waals surface area (Å²) in [4.78, 5) is 0. The topological polar surface area (TPSA) is 0 Å². The molecule has 0 N–H and O–H groups in total. The molecular weight excluding hydrogens is 655 g/mol. The van der Waals surface area contributed by atoms with E-state index in [-0.39, 0.29) is 41.1 Å². The van der Waals surface area contributed by atoms with Crippen LogP contribution in [0.5, 0.6) is 0 Å². The van der Waals surface area contributed by atoms with E-state index in [1.54, 1.807) is 0 Å². The Morgan fingerprint density at radius 2 is 1.36 bits per heavy atom. The van der Waals surface area contributed by atoms with Crippen LogP contribution in [0.25, 0.3) is 11.6 Å². The first-order valence-corrected chi connectivity index (χ1v) is 16.3. The molecular formula is C41H45Cl2Zr-. The molecule has 1 atom stereocenters. The Bertz CT molecular complexity index is 1730. The second-order valence-electron chi connectivity index (χ2n) is 13.8. The van der Waals surface area contributed by atoms with Crippen LogP contribution in [0.3, 0.4) is 0 Å². The fraction of sp³-hybridized carbons (Fsp3) is 0.293. The summed E-state index contributed by atoms with van der Waals surface area (Å²) in [6.45, 7) is 18.4. The third-order valence-electron chi connectivity index (χ3n) is 9.07. The molecule has 0 heterocycles. The van der Waals surface area contributed by atoms with Crippen molar-refractivity contribution in [3.63, 3.8) is 0 Å². The van der Waals surface area contributed by atoms with Gasteiger partial charge in [-0.15, -0.1) is 36.5 Å². The molecule has 3 aromatic carbocycles. The second-order valence-corrected chi connectivity index (χ2v) is 15.1. The number of hydrogen-bond acceptors (Lipinski definition) is 0. The number of halogens is 2. The van der Waals surface area contributed by atoms with Crippen molar-refractivity contribution in [2.75, 3.05) is 0 Å². The molecule has 3 aromatic rings. The van der Waals surface area contributed by atoms with Gasteiger partial charge in [-0.05, 0) is 47.6 Å². The van der Waals surface area contributed by atoms with Crippen molar-refractivity contribution >= 4 is 39.7 Å². The van der Waals surface area contributed by atoms with Gasteiger partial charge >= 0.3 is 99.2 Å². The summed E-state index contributed by atoms with van der Waals surface area (Å²) in [6.07, 6.45) is 14.6. The van der Waals surface area contributed by atoms with E-state index in [4.69, 9.17) is 0 Å². The summed E-state index contributed by atoms with van der Waals surface area (Å²) < 4.78 is 1.42. The minimum atomic E-state index is -0.157. The Morgan fingerprint density at radius 3 is 1.84 bits per heavy atom. The van der Waals surface area contributed by atoms with Crippen LogP contribution in [-0.2, 0) is 29.7 Å². The van der Waals surface area contributed by atoms with E-state index in [9.17, 15) is 0 Å². The normalized spacial score (nSPS) is 18.4. The summed E-state index contributed by atoms with van der Waals surface area (Å²) in [5.41, 5.74) is 11.1. The molecule has 6 rings (SSSR count). The van der Waals surface area contributed by atoms with Crippen LogP contribution in [0.4, 0.5) is 0 Å². The van der Waals surface area contributed by atoms with Gasteiger partial charge in [0.25, 0.3) is 0 Å². The predicted octanol–water partition coefficient (Wildman–Crippen LogP) is 9.57. The monoisotopic (exact) mass is 697 g/mol. The average molecular weight is 700 g/mol. The summed E-state index contributed by atoms with van der Waals surface area (Å²) in [6, 6.07) is 28.1. The third kappa shape index (κ3) is 7.07. The van der Waals surface area contributed by atoms with Gasteiger partial charge in [0.05, 0.1) is 0 Å². The molecule has 3 heteroatoms. The van der Waals surface area contributed by atoms with Gasteiger partial charge in [0.2, 0.25) is 0 Å². The molecule has 228 valence electrons. The van der Waals surface area contributed by atoms with E-state index in [1.807, 2.05) is 0 Å². The van der Waals surface area contributed by atoms with E-state index in [0.29, 0.717) is 0 Å². The molecule has 0 nitrogen and oxygen atoms in total. The van der Waals surface area contributed by atoms with Crippen molar-refractivity contribution in [1.29, 1.82) is 0 Å². The zero-order valence-electron chi connectivity index (χ0n) is 27.3. The van der Waals surface area contributed by atoms with E-state index in [1.165, 1.54) is 82.4 Å². The molecule has 0 bridgehead atoms. The van der Waals surface area contributed by atoms with Crippen LogP contribution >= 0.6 is 24.8 Å². The molecule has 0 spiro atoms.